The average molecular weight is 702 g/mol. The molecular weight excluding hydrogens is 663 g/mol. The van der Waals surface area contributed by atoms with Crippen molar-refractivity contribution in [2.24, 2.45) is 0 Å². The monoisotopic (exact) mass is 701 g/mol. The Hall–Kier alpha value is -7.22. The molecule has 9 aromatic rings. The highest BCUT2D eigenvalue weighted by Crippen LogP contribution is 2.44. The number of rotatable bonds is 9. The van der Waals surface area contributed by atoms with Gasteiger partial charge in [0, 0.05) is 16.9 Å². The van der Waals surface area contributed by atoms with Gasteiger partial charge >= 0.3 is 0 Å². The normalized spacial score (nSPS) is 10.9. The lowest BCUT2D eigenvalue weighted by atomic mass is 9.91. The minimum absolute atomic E-state index is 1.09. The van der Waals surface area contributed by atoms with Gasteiger partial charge in [-0.3, -0.25) is 0 Å². The summed E-state index contributed by atoms with van der Waals surface area (Å²) in [6, 6.07) is 85.0. The van der Waals surface area contributed by atoms with Gasteiger partial charge in [0.25, 0.3) is 0 Å². The summed E-state index contributed by atoms with van der Waals surface area (Å²) in [7, 11) is 0. The Kier molecular flexibility index (Phi) is 9.41. The molecule has 9 aromatic carbocycles. The zero-order valence-corrected chi connectivity index (χ0v) is 30.5. The van der Waals surface area contributed by atoms with Crippen molar-refractivity contribution in [1.82, 2.24) is 0 Å². The van der Waals surface area contributed by atoms with Crippen LogP contribution < -0.4 is 4.90 Å². The summed E-state index contributed by atoms with van der Waals surface area (Å²) in [6.45, 7) is 0. The SMILES string of the molecule is c1ccc(-c2ccc(N(c3ccc(-c4ccc(-c5ccccc5)c(-c5ccccc5)c4)cc3)c3ccc(-c4ccccc4)cc3-c3ccccc3)cc2)cc1. The van der Waals surface area contributed by atoms with E-state index < -0.39 is 0 Å². The van der Waals surface area contributed by atoms with Crippen molar-refractivity contribution in [1.29, 1.82) is 0 Å². The van der Waals surface area contributed by atoms with Crippen molar-refractivity contribution >= 4 is 17.1 Å². The predicted molar refractivity (Wildman–Crippen MR) is 234 cm³/mol. The summed E-state index contributed by atoms with van der Waals surface area (Å²) in [6.07, 6.45) is 0. The Balaban J connectivity index is 1.17. The molecule has 0 aliphatic heterocycles. The predicted octanol–water partition coefficient (Wildman–Crippen LogP) is 15.2. The van der Waals surface area contributed by atoms with Crippen LogP contribution in [0.3, 0.4) is 0 Å². The summed E-state index contributed by atoms with van der Waals surface area (Å²) in [5.41, 5.74) is 17.6. The Morgan fingerprint density at radius 2 is 0.509 bits per heavy atom. The maximum absolute atomic E-state index is 2.39. The molecule has 0 atom stereocenters. The first kappa shape index (κ1) is 33.6. The highest BCUT2D eigenvalue weighted by Gasteiger charge is 2.19. The molecule has 0 saturated heterocycles. The van der Waals surface area contributed by atoms with Gasteiger partial charge in [0.1, 0.15) is 0 Å². The number of anilines is 3. The van der Waals surface area contributed by atoms with Gasteiger partial charge in [0.2, 0.25) is 0 Å². The summed E-state index contributed by atoms with van der Waals surface area (Å²) in [5.74, 6) is 0. The summed E-state index contributed by atoms with van der Waals surface area (Å²) >= 11 is 0. The van der Waals surface area contributed by atoms with Gasteiger partial charge in [-0.2, -0.15) is 0 Å². The van der Waals surface area contributed by atoms with E-state index >= 15 is 0 Å². The quantitative estimate of drug-likeness (QED) is 0.145. The number of benzene rings is 9. The Morgan fingerprint density at radius 1 is 0.200 bits per heavy atom. The van der Waals surface area contributed by atoms with Crippen molar-refractivity contribution in [3.8, 4) is 66.8 Å². The first-order chi connectivity index (χ1) is 27.3. The van der Waals surface area contributed by atoms with Crippen LogP contribution in [0.15, 0.2) is 237 Å². The molecule has 9 rings (SSSR count). The van der Waals surface area contributed by atoms with Gasteiger partial charge in [-0.25, -0.2) is 0 Å². The summed E-state index contributed by atoms with van der Waals surface area (Å²) in [4.78, 5) is 2.39. The standard InChI is InChI=1S/C54H39N/c1-6-16-40(17-7-1)42-26-32-49(33-27-42)55(54-37-31-48(41-18-8-2-9-19-41)39-53(54)46-24-14-5-15-25-46)50-34-28-43(29-35-50)47-30-36-51(44-20-10-3-11-21-44)52(38-47)45-22-12-4-13-23-45/h1-39H. The van der Waals surface area contributed by atoms with Crippen molar-refractivity contribution in [3.63, 3.8) is 0 Å². The molecule has 0 amide bonds. The van der Waals surface area contributed by atoms with Crippen molar-refractivity contribution < 1.29 is 0 Å². The molecule has 0 aliphatic carbocycles. The molecule has 0 spiro atoms. The topological polar surface area (TPSA) is 3.24 Å². The van der Waals surface area contributed by atoms with E-state index in [0.717, 1.165) is 17.1 Å². The second kappa shape index (κ2) is 15.4. The maximum Gasteiger partial charge on any atom is 0.0540 e. The third-order valence-corrected chi connectivity index (χ3v) is 10.3. The van der Waals surface area contributed by atoms with Crippen LogP contribution in [0.5, 0.6) is 0 Å². The Labute approximate surface area is 324 Å². The number of hydrogen-bond acceptors (Lipinski definition) is 1. The highest BCUT2D eigenvalue weighted by atomic mass is 15.1. The second-order valence-corrected chi connectivity index (χ2v) is 13.8. The summed E-state index contributed by atoms with van der Waals surface area (Å²) < 4.78 is 0. The van der Waals surface area contributed by atoms with Crippen LogP contribution >= 0.6 is 0 Å². The van der Waals surface area contributed by atoms with Crippen LogP contribution in [0.1, 0.15) is 0 Å². The van der Waals surface area contributed by atoms with Crippen molar-refractivity contribution in [2.45, 2.75) is 0 Å². The molecule has 1 heteroatoms. The van der Waals surface area contributed by atoms with Crippen molar-refractivity contribution in [3.05, 3.63) is 237 Å². The molecule has 0 bridgehead atoms. The minimum Gasteiger partial charge on any atom is -0.310 e. The van der Waals surface area contributed by atoms with E-state index in [4.69, 9.17) is 0 Å². The fourth-order valence-corrected chi connectivity index (χ4v) is 7.50. The fraction of sp³-hybridized carbons (Fsp3) is 0. The largest absolute Gasteiger partial charge is 0.310 e. The highest BCUT2D eigenvalue weighted by molar-refractivity contribution is 5.92. The van der Waals surface area contributed by atoms with Gasteiger partial charge in [-0.1, -0.05) is 194 Å². The van der Waals surface area contributed by atoms with Crippen molar-refractivity contribution in [2.75, 3.05) is 4.90 Å². The lowest BCUT2D eigenvalue weighted by Gasteiger charge is -2.29. The van der Waals surface area contributed by atoms with Crippen LogP contribution in [-0.2, 0) is 0 Å². The maximum atomic E-state index is 2.39. The van der Waals surface area contributed by atoms with E-state index in [1.807, 2.05) is 0 Å². The zero-order chi connectivity index (χ0) is 36.8. The van der Waals surface area contributed by atoms with Crippen LogP contribution in [0.25, 0.3) is 66.8 Å². The van der Waals surface area contributed by atoms with E-state index in [2.05, 4.69) is 241 Å². The molecule has 0 unspecified atom stereocenters. The molecule has 260 valence electrons. The molecule has 0 N–H and O–H groups in total. The van der Waals surface area contributed by atoms with E-state index in [-0.39, 0.29) is 0 Å². The van der Waals surface area contributed by atoms with Gasteiger partial charge < -0.3 is 4.90 Å². The molecule has 0 heterocycles. The van der Waals surface area contributed by atoms with Gasteiger partial charge in [0.05, 0.1) is 5.69 Å². The van der Waals surface area contributed by atoms with E-state index in [9.17, 15) is 0 Å². The average Bonchev–Trinajstić information content (AvgIpc) is 3.28. The van der Waals surface area contributed by atoms with Crippen LogP contribution in [0.2, 0.25) is 0 Å². The second-order valence-electron chi connectivity index (χ2n) is 13.8. The first-order valence-corrected chi connectivity index (χ1v) is 18.8. The van der Waals surface area contributed by atoms with Gasteiger partial charge in [0.15, 0.2) is 0 Å². The van der Waals surface area contributed by atoms with E-state index in [1.165, 1.54) is 66.8 Å². The minimum atomic E-state index is 1.09. The fourth-order valence-electron chi connectivity index (χ4n) is 7.50. The van der Waals surface area contributed by atoms with Crippen LogP contribution in [0, 0.1) is 0 Å². The van der Waals surface area contributed by atoms with Crippen LogP contribution in [-0.4, -0.2) is 0 Å². The molecule has 0 fully saturated rings. The molecule has 0 aliphatic rings. The molecule has 0 saturated carbocycles. The molecule has 1 nitrogen and oxygen atoms in total. The molecule has 0 aromatic heterocycles. The van der Waals surface area contributed by atoms with Gasteiger partial charge in [-0.05, 0) is 104 Å². The third-order valence-electron chi connectivity index (χ3n) is 10.3. The lowest BCUT2D eigenvalue weighted by Crippen LogP contribution is -2.11. The molecule has 55 heavy (non-hydrogen) atoms. The lowest BCUT2D eigenvalue weighted by molar-refractivity contribution is 1.28. The van der Waals surface area contributed by atoms with E-state index in [1.54, 1.807) is 0 Å². The number of nitrogens with zero attached hydrogens (tertiary/aromatic N) is 1. The molecular formula is C54H39N. The third kappa shape index (κ3) is 7.12. The Bertz CT molecular complexity index is 2630. The first-order valence-electron chi connectivity index (χ1n) is 18.8. The van der Waals surface area contributed by atoms with Gasteiger partial charge in [-0.15, -0.1) is 0 Å². The smallest absolute Gasteiger partial charge is 0.0540 e. The summed E-state index contributed by atoms with van der Waals surface area (Å²) in [5, 5.41) is 0. The number of hydrogen-bond donors (Lipinski definition) is 0. The van der Waals surface area contributed by atoms with Crippen LogP contribution in [0.4, 0.5) is 17.1 Å². The Morgan fingerprint density at radius 3 is 0.982 bits per heavy atom. The molecule has 0 radical (unpaired) electrons. The zero-order valence-electron chi connectivity index (χ0n) is 30.5. The van der Waals surface area contributed by atoms with E-state index in [0.29, 0.717) is 0 Å².